The molecule has 0 fully saturated rings. The molecule has 0 aliphatic carbocycles. The van der Waals surface area contributed by atoms with Crippen LogP contribution in [0.3, 0.4) is 0 Å². The maximum atomic E-state index is 12.2. The number of amides is 1. The van der Waals surface area contributed by atoms with Crippen molar-refractivity contribution in [2.45, 2.75) is 13.0 Å². The zero-order chi connectivity index (χ0) is 16.2. The van der Waals surface area contributed by atoms with Gasteiger partial charge in [0.25, 0.3) is 5.91 Å². The molecule has 1 unspecified atom stereocenters. The Kier molecular flexibility index (Phi) is 4.34. The van der Waals surface area contributed by atoms with Gasteiger partial charge in [-0.25, -0.2) is 4.98 Å². The molecule has 3 rings (SSSR count). The Morgan fingerprint density at radius 1 is 1.22 bits per heavy atom. The van der Waals surface area contributed by atoms with Crippen LogP contribution in [0.15, 0.2) is 60.2 Å². The molecule has 1 N–H and O–H groups in total. The first kappa shape index (κ1) is 15.2. The van der Waals surface area contributed by atoms with E-state index >= 15 is 0 Å². The van der Waals surface area contributed by atoms with E-state index in [0.29, 0.717) is 10.3 Å². The third-order valence-electron chi connectivity index (χ3n) is 3.37. The summed E-state index contributed by atoms with van der Waals surface area (Å²) in [4.78, 5) is 16.8. The van der Waals surface area contributed by atoms with Gasteiger partial charge in [0.15, 0.2) is 12.4 Å². The number of aromatic nitrogens is 2. The van der Waals surface area contributed by atoms with Gasteiger partial charge in [-0.3, -0.25) is 4.79 Å². The summed E-state index contributed by atoms with van der Waals surface area (Å²) in [5.41, 5.74) is 2.40. The number of carbonyl (C=O) groups is 1. The van der Waals surface area contributed by atoms with Gasteiger partial charge in [-0.05, 0) is 6.92 Å². The molecule has 0 radical (unpaired) electrons. The molecule has 5 nitrogen and oxygen atoms in total. The van der Waals surface area contributed by atoms with Crippen LogP contribution in [0.2, 0.25) is 0 Å². The zero-order valence-corrected chi connectivity index (χ0v) is 13.3. The second-order valence-corrected chi connectivity index (χ2v) is 5.97. The highest BCUT2D eigenvalue weighted by atomic mass is 32.1. The number of benzene rings is 1. The van der Waals surface area contributed by atoms with Gasteiger partial charge in [-0.2, -0.15) is 4.73 Å². The first-order valence-electron chi connectivity index (χ1n) is 7.14. The normalized spacial score (nSPS) is 11.9. The number of thiazole rings is 1. The highest BCUT2D eigenvalue weighted by Gasteiger charge is 2.15. The Morgan fingerprint density at radius 3 is 2.61 bits per heavy atom. The van der Waals surface area contributed by atoms with Crippen molar-refractivity contribution >= 4 is 17.2 Å². The van der Waals surface area contributed by atoms with E-state index in [1.807, 2.05) is 42.6 Å². The average molecular weight is 325 g/mol. The van der Waals surface area contributed by atoms with E-state index in [1.54, 1.807) is 0 Å². The number of carbonyl (C=O) groups excluding carboxylic acids is 1. The molecular formula is C17H15N3O2S. The highest BCUT2D eigenvalue weighted by molar-refractivity contribution is 7.10. The first-order valence-corrected chi connectivity index (χ1v) is 8.02. The molecule has 2 heterocycles. The van der Waals surface area contributed by atoms with Crippen molar-refractivity contribution in [3.05, 3.63) is 76.0 Å². The molecule has 0 aliphatic rings. The Bertz CT molecular complexity index is 800. The van der Waals surface area contributed by atoms with E-state index < -0.39 is 0 Å². The molecule has 23 heavy (non-hydrogen) atoms. The van der Waals surface area contributed by atoms with Crippen LogP contribution >= 0.6 is 11.3 Å². The molecule has 116 valence electrons. The van der Waals surface area contributed by atoms with Gasteiger partial charge in [0.05, 0.1) is 17.3 Å². The van der Waals surface area contributed by atoms with Gasteiger partial charge >= 0.3 is 0 Å². The minimum atomic E-state index is -0.227. The fraction of sp³-hybridized carbons (Fsp3) is 0.118. The summed E-state index contributed by atoms with van der Waals surface area (Å²) in [7, 11) is 0. The maximum Gasteiger partial charge on any atom is 0.252 e. The van der Waals surface area contributed by atoms with Crippen molar-refractivity contribution in [2.24, 2.45) is 0 Å². The van der Waals surface area contributed by atoms with Crippen LogP contribution in [0.5, 0.6) is 0 Å². The second kappa shape index (κ2) is 6.58. The van der Waals surface area contributed by atoms with E-state index in [4.69, 9.17) is 0 Å². The Balaban J connectivity index is 1.71. The van der Waals surface area contributed by atoms with E-state index in [9.17, 15) is 10.0 Å². The largest absolute Gasteiger partial charge is 0.619 e. The first-order chi connectivity index (χ1) is 11.1. The van der Waals surface area contributed by atoms with Crippen LogP contribution in [0.4, 0.5) is 0 Å². The number of rotatable bonds is 4. The standard InChI is InChI=1S/C17H15N3O2S/c1-12(18-16(21)14-7-9-20(22)10-8-14)17-19-15(11-23-17)13-5-3-2-4-6-13/h2-12H,1H3,(H,18,21). The molecular weight excluding hydrogens is 310 g/mol. The van der Waals surface area contributed by atoms with Crippen LogP contribution in [0.1, 0.15) is 28.3 Å². The lowest BCUT2D eigenvalue weighted by Crippen LogP contribution is -2.29. The third-order valence-corrected chi connectivity index (χ3v) is 4.40. The monoisotopic (exact) mass is 325 g/mol. The van der Waals surface area contributed by atoms with Gasteiger partial charge in [0.2, 0.25) is 0 Å². The Labute approximate surface area is 137 Å². The van der Waals surface area contributed by atoms with E-state index in [2.05, 4.69) is 10.3 Å². The molecule has 1 aromatic carbocycles. The Morgan fingerprint density at radius 2 is 1.91 bits per heavy atom. The summed E-state index contributed by atoms with van der Waals surface area (Å²) < 4.78 is 0.646. The molecule has 0 aliphatic heterocycles. The third kappa shape index (κ3) is 3.54. The number of pyridine rings is 1. The van der Waals surface area contributed by atoms with Crippen LogP contribution in [-0.4, -0.2) is 10.9 Å². The molecule has 0 saturated heterocycles. The van der Waals surface area contributed by atoms with Crippen LogP contribution in [0.25, 0.3) is 11.3 Å². The lowest BCUT2D eigenvalue weighted by molar-refractivity contribution is -0.605. The van der Waals surface area contributed by atoms with Crippen molar-refractivity contribution in [2.75, 3.05) is 0 Å². The summed E-state index contributed by atoms with van der Waals surface area (Å²) in [5.74, 6) is -0.227. The molecule has 6 heteroatoms. The number of hydrogen-bond acceptors (Lipinski definition) is 4. The quantitative estimate of drug-likeness (QED) is 0.592. The smallest absolute Gasteiger partial charge is 0.252 e. The van der Waals surface area contributed by atoms with Crippen molar-refractivity contribution in [1.82, 2.24) is 10.3 Å². The summed E-state index contributed by atoms with van der Waals surface area (Å²) in [6.07, 6.45) is 2.60. The van der Waals surface area contributed by atoms with Gasteiger partial charge in [-0.15, -0.1) is 11.3 Å². The summed E-state index contributed by atoms with van der Waals surface area (Å²) in [6, 6.07) is 12.7. The van der Waals surface area contributed by atoms with Gasteiger partial charge < -0.3 is 10.5 Å². The SMILES string of the molecule is CC(NC(=O)c1cc[n+]([O-])cc1)c1nc(-c2ccccc2)cs1. The molecule has 2 aromatic heterocycles. The minimum Gasteiger partial charge on any atom is -0.619 e. The van der Waals surface area contributed by atoms with Crippen molar-refractivity contribution in [1.29, 1.82) is 0 Å². The zero-order valence-electron chi connectivity index (χ0n) is 12.5. The summed E-state index contributed by atoms with van der Waals surface area (Å²) >= 11 is 1.51. The van der Waals surface area contributed by atoms with Crippen molar-refractivity contribution in [3.8, 4) is 11.3 Å². The molecule has 1 amide bonds. The lowest BCUT2D eigenvalue weighted by atomic mass is 10.2. The number of hydrogen-bond donors (Lipinski definition) is 1. The fourth-order valence-corrected chi connectivity index (χ4v) is 2.97. The molecule has 3 aromatic rings. The van der Waals surface area contributed by atoms with E-state index in [-0.39, 0.29) is 11.9 Å². The predicted molar refractivity (Wildman–Crippen MR) is 88.8 cm³/mol. The highest BCUT2D eigenvalue weighted by Crippen LogP contribution is 2.25. The average Bonchev–Trinajstić information content (AvgIpc) is 3.06. The Hall–Kier alpha value is -2.73. The molecule has 0 bridgehead atoms. The van der Waals surface area contributed by atoms with E-state index in [1.165, 1.54) is 35.9 Å². The second-order valence-electron chi connectivity index (χ2n) is 5.08. The number of nitrogens with one attached hydrogen (secondary N) is 1. The molecule has 0 saturated carbocycles. The summed E-state index contributed by atoms with van der Waals surface area (Å²) in [5, 5.41) is 16.7. The predicted octanol–water partition coefficient (Wildman–Crippen LogP) is 2.93. The van der Waals surface area contributed by atoms with Crippen LogP contribution < -0.4 is 10.0 Å². The summed E-state index contributed by atoms with van der Waals surface area (Å²) in [6.45, 7) is 1.89. The lowest BCUT2D eigenvalue weighted by Gasteiger charge is -2.11. The number of nitrogens with zero attached hydrogens (tertiary/aromatic N) is 2. The molecule has 0 spiro atoms. The van der Waals surface area contributed by atoms with Crippen LogP contribution in [0, 0.1) is 5.21 Å². The van der Waals surface area contributed by atoms with Gasteiger partial charge in [0, 0.05) is 23.1 Å². The van der Waals surface area contributed by atoms with Gasteiger partial charge in [0.1, 0.15) is 5.01 Å². The van der Waals surface area contributed by atoms with Crippen molar-refractivity contribution < 1.29 is 9.52 Å². The minimum absolute atomic E-state index is 0.204. The van der Waals surface area contributed by atoms with Crippen molar-refractivity contribution in [3.63, 3.8) is 0 Å². The fourth-order valence-electron chi connectivity index (χ4n) is 2.13. The van der Waals surface area contributed by atoms with Crippen LogP contribution in [-0.2, 0) is 0 Å². The molecule has 1 atom stereocenters. The van der Waals surface area contributed by atoms with Gasteiger partial charge in [-0.1, -0.05) is 30.3 Å². The van der Waals surface area contributed by atoms with E-state index in [0.717, 1.165) is 16.3 Å². The maximum absolute atomic E-state index is 12.2. The topological polar surface area (TPSA) is 68.9 Å².